The Morgan fingerprint density at radius 2 is 1.89 bits per heavy atom. The summed E-state index contributed by atoms with van der Waals surface area (Å²) in [7, 11) is 0. The highest BCUT2D eigenvalue weighted by Crippen LogP contribution is 2.16. The highest BCUT2D eigenvalue weighted by atomic mass is 15.0. The summed E-state index contributed by atoms with van der Waals surface area (Å²) in [6, 6.07) is 14.9. The first kappa shape index (κ1) is 11.0. The first-order valence-corrected chi connectivity index (χ1v) is 6.20. The molecule has 3 rings (SSSR count). The summed E-state index contributed by atoms with van der Waals surface area (Å²) in [5.74, 6) is 0. The summed E-state index contributed by atoms with van der Waals surface area (Å²) >= 11 is 0. The minimum atomic E-state index is 0.882. The molecule has 90 valence electrons. The van der Waals surface area contributed by atoms with Crippen LogP contribution in [0.3, 0.4) is 0 Å². The van der Waals surface area contributed by atoms with E-state index in [1.807, 2.05) is 18.5 Å². The molecule has 2 heteroatoms. The van der Waals surface area contributed by atoms with Crippen molar-refractivity contribution in [3.05, 3.63) is 65.5 Å². The van der Waals surface area contributed by atoms with E-state index in [0.717, 1.165) is 12.1 Å². The minimum Gasteiger partial charge on any atom is -0.326 e. The van der Waals surface area contributed by atoms with E-state index in [-0.39, 0.29) is 0 Å². The van der Waals surface area contributed by atoms with Crippen LogP contribution < -0.4 is 0 Å². The van der Waals surface area contributed by atoms with Gasteiger partial charge < -0.3 is 4.57 Å². The largest absolute Gasteiger partial charge is 0.326 e. The molecule has 0 unspecified atom stereocenters. The fourth-order valence-electron chi connectivity index (χ4n) is 2.34. The van der Waals surface area contributed by atoms with Gasteiger partial charge in [-0.3, -0.25) is 0 Å². The quantitative estimate of drug-likeness (QED) is 0.663. The maximum Gasteiger partial charge on any atom is 0.0961 e. The number of aryl methyl sites for hydroxylation is 2. The van der Waals surface area contributed by atoms with E-state index in [4.69, 9.17) is 0 Å². The third-order valence-corrected chi connectivity index (χ3v) is 3.37. The lowest BCUT2D eigenvalue weighted by Gasteiger charge is -2.08. The van der Waals surface area contributed by atoms with E-state index >= 15 is 0 Å². The minimum absolute atomic E-state index is 0.882. The van der Waals surface area contributed by atoms with Gasteiger partial charge in [0.05, 0.1) is 17.4 Å². The van der Waals surface area contributed by atoms with Crippen LogP contribution in [0.15, 0.2) is 48.8 Å². The molecule has 0 bridgehead atoms. The molecule has 0 spiro atoms. The maximum absolute atomic E-state index is 4.43. The van der Waals surface area contributed by atoms with Crippen molar-refractivity contribution in [2.75, 3.05) is 0 Å². The van der Waals surface area contributed by atoms with Gasteiger partial charge in [0.1, 0.15) is 0 Å². The Kier molecular flexibility index (Phi) is 2.63. The summed E-state index contributed by atoms with van der Waals surface area (Å²) in [5, 5.41) is 0. The van der Waals surface area contributed by atoms with Crippen LogP contribution in [-0.2, 0) is 6.54 Å². The van der Waals surface area contributed by atoms with Gasteiger partial charge in [-0.05, 0) is 37.1 Å². The number of nitrogens with zero attached hydrogens (tertiary/aromatic N) is 2. The zero-order valence-corrected chi connectivity index (χ0v) is 10.7. The zero-order chi connectivity index (χ0) is 12.5. The van der Waals surface area contributed by atoms with Gasteiger partial charge in [0.25, 0.3) is 0 Å². The average Bonchev–Trinajstić information content (AvgIpc) is 2.76. The van der Waals surface area contributed by atoms with Crippen molar-refractivity contribution in [1.82, 2.24) is 9.55 Å². The smallest absolute Gasteiger partial charge is 0.0961 e. The first-order chi connectivity index (χ1) is 8.74. The van der Waals surface area contributed by atoms with E-state index in [1.165, 1.54) is 22.2 Å². The number of hydrogen-bond donors (Lipinski definition) is 0. The van der Waals surface area contributed by atoms with E-state index in [0.29, 0.717) is 0 Å². The molecule has 0 atom stereocenters. The number of aromatic nitrogens is 2. The summed E-state index contributed by atoms with van der Waals surface area (Å²) < 4.78 is 2.20. The lowest BCUT2D eigenvalue weighted by atomic mass is 10.1. The fourth-order valence-corrected chi connectivity index (χ4v) is 2.34. The highest BCUT2D eigenvalue weighted by molar-refractivity contribution is 5.75. The molecule has 2 nitrogen and oxygen atoms in total. The van der Waals surface area contributed by atoms with E-state index in [2.05, 4.69) is 53.7 Å². The summed E-state index contributed by atoms with van der Waals surface area (Å²) in [4.78, 5) is 4.43. The molecule has 3 aromatic rings. The second kappa shape index (κ2) is 4.30. The second-order valence-corrected chi connectivity index (χ2v) is 4.79. The molecule has 0 N–H and O–H groups in total. The molecule has 18 heavy (non-hydrogen) atoms. The Bertz CT molecular complexity index is 695. The van der Waals surface area contributed by atoms with Crippen LogP contribution in [0.4, 0.5) is 0 Å². The molecule has 1 aromatic heterocycles. The van der Waals surface area contributed by atoms with Crippen LogP contribution in [0.1, 0.15) is 16.7 Å². The van der Waals surface area contributed by atoms with Crippen LogP contribution in [-0.4, -0.2) is 9.55 Å². The monoisotopic (exact) mass is 236 g/mol. The number of imidazole rings is 1. The number of benzene rings is 2. The topological polar surface area (TPSA) is 17.8 Å². The van der Waals surface area contributed by atoms with Crippen molar-refractivity contribution in [2.45, 2.75) is 20.4 Å². The number of rotatable bonds is 2. The molecule has 0 aliphatic rings. The highest BCUT2D eigenvalue weighted by Gasteiger charge is 2.04. The Hall–Kier alpha value is -2.09. The Morgan fingerprint density at radius 1 is 1.06 bits per heavy atom. The van der Waals surface area contributed by atoms with Gasteiger partial charge in [-0.25, -0.2) is 4.98 Å². The average molecular weight is 236 g/mol. The lowest BCUT2D eigenvalue weighted by Crippen LogP contribution is -2.00. The Morgan fingerprint density at radius 3 is 2.72 bits per heavy atom. The molecule has 0 fully saturated rings. The molecular formula is C16H16N2. The fraction of sp³-hybridized carbons (Fsp3) is 0.188. The van der Waals surface area contributed by atoms with Crippen LogP contribution in [0.25, 0.3) is 11.0 Å². The van der Waals surface area contributed by atoms with Gasteiger partial charge in [-0.15, -0.1) is 0 Å². The van der Waals surface area contributed by atoms with E-state index in [9.17, 15) is 0 Å². The standard InChI is InChI=1S/C16H16N2/c1-12-7-8-14(13(2)9-12)10-18-11-17-15-5-3-4-6-16(15)18/h3-9,11H,10H2,1-2H3. The van der Waals surface area contributed by atoms with Gasteiger partial charge in [0.15, 0.2) is 0 Å². The van der Waals surface area contributed by atoms with Crippen molar-refractivity contribution in [3.8, 4) is 0 Å². The van der Waals surface area contributed by atoms with Gasteiger partial charge >= 0.3 is 0 Å². The predicted octanol–water partition coefficient (Wildman–Crippen LogP) is 3.70. The number of hydrogen-bond acceptors (Lipinski definition) is 1. The molecule has 0 radical (unpaired) electrons. The van der Waals surface area contributed by atoms with Crippen molar-refractivity contribution >= 4 is 11.0 Å². The van der Waals surface area contributed by atoms with Crippen LogP contribution in [0.5, 0.6) is 0 Å². The predicted molar refractivity (Wildman–Crippen MR) is 74.8 cm³/mol. The number of para-hydroxylation sites is 2. The molecule has 0 amide bonds. The molecule has 2 aromatic carbocycles. The third kappa shape index (κ3) is 1.90. The maximum atomic E-state index is 4.43. The van der Waals surface area contributed by atoms with Gasteiger partial charge in [0.2, 0.25) is 0 Å². The Labute approximate surface area is 107 Å². The van der Waals surface area contributed by atoms with Crippen molar-refractivity contribution in [2.24, 2.45) is 0 Å². The summed E-state index contributed by atoms with van der Waals surface area (Å²) in [6.45, 7) is 5.18. The number of fused-ring (bicyclic) bond motifs is 1. The van der Waals surface area contributed by atoms with Crippen LogP contribution >= 0.6 is 0 Å². The first-order valence-electron chi connectivity index (χ1n) is 6.20. The lowest BCUT2D eigenvalue weighted by molar-refractivity contribution is 0.818. The van der Waals surface area contributed by atoms with Crippen molar-refractivity contribution < 1.29 is 0 Å². The molecular weight excluding hydrogens is 220 g/mol. The summed E-state index contributed by atoms with van der Waals surface area (Å²) in [5.41, 5.74) is 6.25. The van der Waals surface area contributed by atoms with Gasteiger partial charge in [0, 0.05) is 6.54 Å². The van der Waals surface area contributed by atoms with Crippen molar-refractivity contribution in [3.63, 3.8) is 0 Å². The van der Waals surface area contributed by atoms with E-state index in [1.54, 1.807) is 0 Å². The molecule has 0 aliphatic heterocycles. The molecule has 0 aliphatic carbocycles. The van der Waals surface area contributed by atoms with Crippen LogP contribution in [0.2, 0.25) is 0 Å². The SMILES string of the molecule is Cc1ccc(Cn2cnc3ccccc32)c(C)c1. The molecule has 0 saturated heterocycles. The molecule has 0 saturated carbocycles. The summed E-state index contributed by atoms with van der Waals surface area (Å²) in [6.07, 6.45) is 1.92. The molecule has 1 heterocycles. The Balaban J connectivity index is 2.01. The van der Waals surface area contributed by atoms with Crippen molar-refractivity contribution in [1.29, 1.82) is 0 Å². The van der Waals surface area contributed by atoms with Gasteiger partial charge in [-0.2, -0.15) is 0 Å². The normalized spacial score (nSPS) is 11.0. The van der Waals surface area contributed by atoms with Crippen LogP contribution in [0, 0.1) is 13.8 Å². The van der Waals surface area contributed by atoms with Gasteiger partial charge in [-0.1, -0.05) is 35.9 Å². The second-order valence-electron chi connectivity index (χ2n) is 4.79. The zero-order valence-electron chi connectivity index (χ0n) is 10.7. The van der Waals surface area contributed by atoms with E-state index < -0.39 is 0 Å². The third-order valence-electron chi connectivity index (χ3n) is 3.37.